The zero-order valence-corrected chi connectivity index (χ0v) is 7.82. The summed E-state index contributed by atoms with van der Waals surface area (Å²) < 4.78 is 12.9. The van der Waals surface area contributed by atoms with E-state index in [2.05, 4.69) is 5.43 Å². The Labute approximate surface area is 80.3 Å². The summed E-state index contributed by atoms with van der Waals surface area (Å²) in [6.07, 6.45) is 0. The van der Waals surface area contributed by atoms with Crippen molar-refractivity contribution < 1.29 is 9.31 Å². The summed E-state index contributed by atoms with van der Waals surface area (Å²) in [5, 5.41) is 12.0. The maximum atomic E-state index is 12.9. The molecule has 0 bridgehead atoms. The van der Waals surface area contributed by atoms with Crippen LogP contribution in [-0.4, -0.2) is 24.0 Å². The van der Waals surface area contributed by atoms with Crippen LogP contribution in [0.3, 0.4) is 0 Å². The van der Waals surface area contributed by atoms with Crippen molar-refractivity contribution >= 4 is 11.4 Å². The minimum absolute atomic E-state index is 0.269. The third-order valence-electron chi connectivity index (χ3n) is 1.45. The third kappa shape index (κ3) is 2.67. The van der Waals surface area contributed by atoms with Crippen LogP contribution >= 0.6 is 0 Å². The van der Waals surface area contributed by atoms with Crippen LogP contribution in [0.1, 0.15) is 0 Å². The number of nitrogens with zero attached hydrogens (tertiary/aromatic N) is 2. The van der Waals surface area contributed by atoms with Crippen LogP contribution in [0.4, 0.5) is 15.8 Å². The molecule has 1 rings (SSSR count). The van der Waals surface area contributed by atoms with Gasteiger partial charge >= 0.3 is 0 Å². The van der Waals surface area contributed by atoms with Crippen molar-refractivity contribution in [3.63, 3.8) is 0 Å². The number of nitro groups is 1. The lowest BCUT2D eigenvalue weighted by atomic mass is 10.3. The number of hydrogen-bond donors (Lipinski definition) is 1. The maximum Gasteiger partial charge on any atom is 0.274 e. The van der Waals surface area contributed by atoms with Gasteiger partial charge in [-0.25, -0.2) is 9.40 Å². The molecule has 0 saturated carbocycles. The molecule has 0 aromatic heterocycles. The highest BCUT2D eigenvalue weighted by Crippen LogP contribution is 2.19. The molecule has 0 amide bonds. The number of anilines is 1. The minimum Gasteiger partial charge on any atom is -0.319 e. The summed E-state index contributed by atoms with van der Waals surface area (Å²) in [7, 11) is 3.41. The maximum absolute atomic E-state index is 12.9. The topological polar surface area (TPSA) is 58.4 Å². The summed E-state index contributed by atoms with van der Waals surface area (Å²) in [6, 6.07) is 3.33. The standard InChI is InChI=1S/C8H10FN3O2/c1-11(2)10-7-3-6(9)4-8(5-7)12(13)14/h3-5,10H,1-2H3. The molecule has 0 saturated heterocycles. The Kier molecular flexibility index (Phi) is 2.98. The molecule has 76 valence electrons. The Hall–Kier alpha value is -1.69. The summed E-state index contributed by atoms with van der Waals surface area (Å²) in [5.41, 5.74) is 2.81. The number of non-ortho nitro benzene ring substituents is 1. The number of nitro benzene ring substituents is 1. The van der Waals surface area contributed by atoms with Crippen molar-refractivity contribution in [2.45, 2.75) is 0 Å². The lowest BCUT2D eigenvalue weighted by molar-refractivity contribution is -0.385. The second kappa shape index (κ2) is 4.01. The number of hydrazine groups is 1. The molecule has 0 aliphatic carbocycles. The molecule has 0 spiro atoms. The Morgan fingerprint density at radius 3 is 2.57 bits per heavy atom. The Morgan fingerprint density at radius 2 is 2.07 bits per heavy atom. The Morgan fingerprint density at radius 1 is 1.43 bits per heavy atom. The van der Waals surface area contributed by atoms with Crippen molar-refractivity contribution in [1.29, 1.82) is 0 Å². The van der Waals surface area contributed by atoms with E-state index in [0.29, 0.717) is 5.69 Å². The molecule has 0 atom stereocenters. The van der Waals surface area contributed by atoms with Gasteiger partial charge in [0, 0.05) is 20.2 Å². The Bertz CT molecular complexity index is 354. The molecule has 0 radical (unpaired) electrons. The van der Waals surface area contributed by atoms with Gasteiger partial charge in [-0.3, -0.25) is 10.1 Å². The molecule has 0 unspecified atom stereocenters. The molecule has 0 aliphatic heterocycles. The van der Waals surface area contributed by atoms with Crippen LogP contribution in [0.25, 0.3) is 0 Å². The number of nitrogens with one attached hydrogen (secondary N) is 1. The first-order valence-corrected chi connectivity index (χ1v) is 3.88. The summed E-state index contributed by atoms with van der Waals surface area (Å²) in [4.78, 5) is 9.75. The van der Waals surface area contributed by atoms with Gasteiger partial charge in [0.1, 0.15) is 5.82 Å². The summed E-state index contributed by atoms with van der Waals surface area (Å²) in [5.74, 6) is -0.636. The van der Waals surface area contributed by atoms with Crippen LogP contribution in [0, 0.1) is 15.9 Å². The molecule has 1 aromatic rings. The zero-order chi connectivity index (χ0) is 10.7. The van der Waals surface area contributed by atoms with E-state index in [1.807, 2.05) is 0 Å². The van der Waals surface area contributed by atoms with Crippen LogP contribution in [0.5, 0.6) is 0 Å². The fourth-order valence-electron chi connectivity index (χ4n) is 1.00. The van der Waals surface area contributed by atoms with E-state index in [9.17, 15) is 14.5 Å². The molecule has 0 aliphatic rings. The molecule has 1 N–H and O–H groups in total. The van der Waals surface area contributed by atoms with E-state index in [4.69, 9.17) is 0 Å². The van der Waals surface area contributed by atoms with Crippen molar-refractivity contribution in [1.82, 2.24) is 5.01 Å². The second-order valence-electron chi connectivity index (χ2n) is 2.96. The number of halogens is 1. The average Bonchev–Trinajstić information content (AvgIpc) is 2.01. The van der Waals surface area contributed by atoms with Crippen molar-refractivity contribution in [2.24, 2.45) is 0 Å². The highest BCUT2D eigenvalue weighted by atomic mass is 19.1. The van der Waals surface area contributed by atoms with Crippen LogP contribution in [0.15, 0.2) is 18.2 Å². The SMILES string of the molecule is CN(C)Nc1cc(F)cc([N+](=O)[O-])c1. The lowest BCUT2D eigenvalue weighted by Gasteiger charge is -2.12. The van der Waals surface area contributed by atoms with E-state index >= 15 is 0 Å². The number of benzene rings is 1. The van der Waals surface area contributed by atoms with Crippen molar-refractivity contribution in [2.75, 3.05) is 19.5 Å². The normalized spacial score (nSPS) is 10.3. The highest BCUT2D eigenvalue weighted by Gasteiger charge is 2.09. The fraction of sp³-hybridized carbons (Fsp3) is 0.250. The van der Waals surface area contributed by atoms with Crippen molar-refractivity contribution in [3.05, 3.63) is 34.1 Å². The van der Waals surface area contributed by atoms with E-state index in [0.717, 1.165) is 6.07 Å². The molecule has 14 heavy (non-hydrogen) atoms. The van der Waals surface area contributed by atoms with E-state index in [-0.39, 0.29) is 5.69 Å². The first kappa shape index (κ1) is 10.4. The predicted octanol–water partition coefficient (Wildman–Crippen LogP) is 1.62. The van der Waals surface area contributed by atoms with Gasteiger partial charge in [0.25, 0.3) is 5.69 Å². The van der Waals surface area contributed by atoms with Crippen LogP contribution in [-0.2, 0) is 0 Å². The van der Waals surface area contributed by atoms with Gasteiger partial charge < -0.3 is 5.43 Å². The fourth-order valence-corrected chi connectivity index (χ4v) is 1.00. The first-order valence-electron chi connectivity index (χ1n) is 3.88. The molecular formula is C8H10FN3O2. The van der Waals surface area contributed by atoms with Crippen LogP contribution in [0.2, 0.25) is 0 Å². The molecule has 5 nitrogen and oxygen atoms in total. The molecular weight excluding hydrogens is 189 g/mol. The molecule has 1 aromatic carbocycles. The largest absolute Gasteiger partial charge is 0.319 e. The second-order valence-corrected chi connectivity index (χ2v) is 2.96. The lowest BCUT2D eigenvalue weighted by Crippen LogP contribution is -2.19. The molecule has 0 heterocycles. The van der Waals surface area contributed by atoms with Gasteiger partial charge in [0.05, 0.1) is 16.7 Å². The average molecular weight is 199 g/mol. The van der Waals surface area contributed by atoms with Gasteiger partial charge in [-0.2, -0.15) is 0 Å². The zero-order valence-electron chi connectivity index (χ0n) is 7.82. The Balaban J connectivity index is 3.01. The number of rotatable bonds is 3. The van der Waals surface area contributed by atoms with Gasteiger partial charge in [-0.1, -0.05) is 0 Å². The predicted molar refractivity (Wildman–Crippen MR) is 50.4 cm³/mol. The number of hydrogen-bond acceptors (Lipinski definition) is 4. The van der Waals surface area contributed by atoms with Crippen molar-refractivity contribution in [3.8, 4) is 0 Å². The van der Waals surface area contributed by atoms with E-state index in [1.54, 1.807) is 19.1 Å². The summed E-state index contributed by atoms with van der Waals surface area (Å²) in [6.45, 7) is 0. The smallest absolute Gasteiger partial charge is 0.274 e. The first-order chi connectivity index (χ1) is 6.49. The van der Waals surface area contributed by atoms with Gasteiger partial charge in [0.2, 0.25) is 0 Å². The minimum atomic E-state index is -0.636. The summed E-state index contributed by atoms with van der Waals surface area (Å²) >= 11 is 0. The van der Waals surface area contributed by atoms with Gasteiger partial charge in [0.15, 0.2) is 0 Å². The van der Waals surface area contributed by atoms with Gasteiger partial charge in [-0.05, 0) is 6.07 Å². The molecule has 0 fully saturated rings. The quantitative estimate of drug-likeness (QED) is 0.593. The highest BCUT2D eigenvalue weighted by molar-refractivity contribution is 5.50. The third-order valence-corrected chi connectivity index (χ3v) is 1.45. The van der Waals surface area contributed by atoms with Gasteiger partial charge in [-0.15, -0.1) is 0 Å². The van der Waals surface area contributed by atoms with E-state index in [1.165, 1.54) is 12.1 Å². The monoisotopic (exact) mass is 199 g/mol. The van der Waals surface area contributed by atoms with Crippen LogP contribution < -0.4 is 5.43 Å². The van der Waals surface area contributed by atoms with E-state index < -0.39 is 10.7 Å². The molecule has 6 heteroatoms.